The minimum Gasteiger partial charge on any atom is -0.289 e. The van der Waals surface area contributed by atoms with Gasteiger partial charge in [-0.25, -0.2) is 0 Å². The van der Waals surface area contributed by atoms with Crippen LogP contribution in [0.2, 0.25) is 0 Å². The maximum Gasteiger partial charge on any atom is 0.185 e. The van der Waals surface area contributed by atoms with Crippen molar-refractivity contribution in [2.45, 2.75) is 19.8 Å². The first-order valence-corrected chi connectivity index (χ1v) is 6.54. The number of carbonyl (C=O) groups is 1. The summed E-state index contributed by atoms with van der Waals surface area (Å²) < 4.78 is 0. The van der Waals surface area contributed by atoms with Crippen molar-refractivity contribution in [1.29, 1.82) is 0 Å². The Labute approximate surface area is 114 Å². The van der Waals surface area contributed by atoms with E-state index in [0.29, 0.717) is 5.92 Å². The van der Waals surface area contributed by atoms with Crippen molar-refractivity contribution < 1.29 is 4.79 Å². The first-order chi connectivity index (χ1) is 9.16. The fourth-order valence-corrected chi connectivity index (χ4v) is 1.86. The zero-order valence-electron chi connectivity index (χ0n) is 11.3. The lowest BCUT2D eigenvalue weighted by Gasteiger charge is -2.05. The summed E-state index contributed by atoms with van der Waals surface area (Å²) in [6.07, 6.45) is 3.47. The van der Waals surface area contributed by atoms with Gasteiger partial charge in [0.25, 0.3) is 0 Å². The van der Waals surface area contributed by atoms with Gasteiger partial charge in [0.1, 0.15) is 0 Å². The summed E-state index contributed by atoms with van der Waals surface area (Å²) in [5.74, 6) is 0.531. The van der Waals surface area contributed by atoms with Gasteiger partial charge < -0.3 is 0 Å². The Morgan fingerprint density at radius 1 is 0.947 bits per heavy atom. The molecule has 19 heavy (non-hydrogen) atoms. The van der Waals surface area contributed by atoms with Gasteiger partial charge in [-0.1, -0.05) is 74.5 Å². The monoisotopic (exact) mass is 250 g/mol. The van der Waals surface area contributed by atoms with Crippen LogP contribution in [0.15, 0.2) is 60.7 Å². The van der Waals surface area contributed by atoms with Crippen molar-refractivity contribution in [2.75, 3.05) is 0 Å². The van der Waals surface area contributed by atoms with Gasteiger partial charge in [-0.2, -0.15) is 0 Å². The highest BCUT2D eigenvalue weighted by molar-refractivity contribution is 6.06. The summed E-state index contributed by atoms with van der Waals surface area (Å²) in [7, 11) is 0. The lowest BCUT2D eigenvalue weighted by atomic mass is 10.0. The van der Waals surface area contributed by atoms with E-state index in [1.54, 1.807) is 6.08 Å². The lowest BCUT2D eigenvalue weighted by Crippen LogP contribution is -1.95. The second-order valence-corrected chi connectivity index (χ2v) is 4.88. The van der Waals surface area contributed by atoms with Crippen LogP contribution in [0, 0.1) is 0 Å². The molecular formula is C18H18O. The highest BCUT2D eigenvalue weighted by Crippen LogP contribution is 2.15. The quantitative estimate of drug-likeness (QED) is 0.567. The van der Waals surface area contributed by atoms with Gasteiger partial charge in [-0.3, -0.25) is 4.79 Å². The minimum atomic E-state index is 0.0409. The molecule has 0 radical (unpaired) electrons. The third-order valence-electron chi connectivity index (χ3n) is 3.09. The molecule has 0 heterocycles. The molecule has 0 fully saturated rings. The standard InChI is InChI=1S/C18H18O/c1-14(2)16-9-11-17(12-10-16)18(19)13-8-15-6-4-3-5-7-15/h3-14H,1-2H3. The predicted octanol–water partition coefficient (Wildman–Crippen LogP) is 4.71. The Bertz CT molecular complexity index is 562. The molecule has 96 valence electrons. The van der Waals surface area contributed by atoms with Gasteiger partial charge in [0.15, 0.2) is 5.78 Å². The van der Waals surface area contributed by atoms with E-state index in [2.05, 4.69) is 13.8 Å². The number of benzene rings is 2. The molecule has 0 bridgehead atoms. The van der Waals surface area contributed by atoms with Gasteiger partial charge in [0.05, 0.1) is 0 Å². The Balaban J connectivity index is 2.10. The zero-order chi connectivity index (χ0) is 13.7. The predicted molar refractivity (Wildman–Crippen MR) is 80.3 cm³/mol. The molecule has 2 aromatic rings. The van der Waals surface area contributed by atoms with Crippen molar-refractivity contribution in [3.8, 4) is 0 Å². The van der Waals surface area contributed by atoms with Crippen LogP contribution in [0.3, 0.4) is 0 Å². The maximum atomic E-state index is 12.0. The van der Waals surface area contributed by atoms with Crippen molar-refractivity contribution in [3.63, 3.8) is 0 Å². The molecule has 0 unspecified atom stereocenters. The van der Waals surface area contributed by atoms with Crippen molar-refractivity contribution in [2.24, 2.45) is 0 Å². The number of ketones is 1. The lowest BCUT2D eigenvalue weighted by molar-refractivity contribution is 0.104. The number of allylic oxidation sites excluding steroid dienone is 1. The molecule has 0 aliphatic heterocycles. The molecule has 0 saturated carbocycles. The van der Waals surface area contributed by atoms with E-state index >= 15 is 0 Å². The minimum absolute atomic E-state index is 0.0409. The van der Waals surface area contributed by atoms with Crippen LogP contribution >= 0.6 is 0 Å². The van der Waals surface area contributed by atoms with E-state index in [-0.39, 0.29) is 5.78 Å². The van der Waals surface area contributed by atoms with E-state index in [4.69, 9.17) is 0 Å². The first kappa shape index (κ1) is 13.3. The van der Waals surface area contributed by atoms with E-state index < -0.39 is 0 Å². The number of hydrogen-bond acceptors (Lipinski definition) is 1. The molecular weight excluding hydrogens is 232 g/mol. The summed E-state index contributed by atoms with van der Waals surface area (Å²) in [4.78, 5) is 12.0. The molecule has 2 aromatic carbocycles. The highest BCUT2D eigenvalue weighted by Gasteiger charge is 2.03. The van der Waals surface area contributed by atoms with Gasteiger partial charge in [-0.15, -0.1) is 0 Å². The Hall–Kier alpha value is -2.15. The SMILES string of the molecule is CC(C)c1ccc(C(=O)C=Cc2ccccc2)cc1. The highest BCUT2D eigenvalue weighted by atomic mass is 16.1. The van der Waals surface area contributed by atoms with Crippen molar-refractivity contribution in [3.05, 3.63) is 77.4 Å². The van der Waals surface area contributed by atoms with Crippen LogP contribution in [0.25, 0.3) is 6.08 Å². The van der Waals surface area contributed by atoms with Crippen molar-refractivity contribution >= 4 is 11.9 Å². The average Bonchev–Trinajstić information content (AvgIpc) is 2.46. The van der Waals surface area contributed by atoms with Gasteiger partial charge in [-0.05, 0) is 23.1 Å². The summed E-state index contributed by atoms with van der Waals surface area (Å²) >= 11 is 0. The zero-order valence-corrected chi connectivity index (χ0v) is 11.3. The van der Waals surface area contributed by atoms with Crippen LogP contribution < -0.4 is 0 Å². The average molecular weight is 250 g/mol. The summed E-state index contributed by atoms with van der Waals surface area (Å²) in [6.45, 7) is 4.29. The fraction of sp³-hybridized carbons (Fsp3) is 0.167. The van der Waals surface area contributed by atoms with Gasteiger partial charge in [0, 0.05) is 5.56 Å². The van der Waals surface area contributed by atoms with Crippen molar-refractivity contribution in [1.82, 2.24) is 0 Å². The molecule has 0 saturated heterocycles. The van der Waals surface area contributed by atoms with Crippen LogP contribution in [0.1, 0.15) is 41.3 Å². The molecule has 0 amide bonds. The van der Waals surface area contributed by atoms with E-state index in [9.17, 15) is 4.79 Å². The maximum absolute atomic E-state index is 12.0. The first-order valence-electron chi connectivity index (χ1n) is 6.54. The summed E-state index contributed by atoms with van der Waals surface area (Å²) in [6, 6.07) is 17.7. The second-order valence-electron chi connectivity index (χ2n) is 4.88. The topological polar surface area (TPSA) is 17.1 Å². The molecule has 2 rings (SSSR count). The van der Waals surface area contributed by atoms with Crippen LogP contribution in [0.5, 0.6) is 0 Å². The third-order valence-corrected chi connectivity index (χ3v) is 3.09. The Kier molecular flexibility index (Phi) is 4.30. The molecule has 0 N–H and O–H groups in total. The molecule has 0 aliphatic rings. The molecule has 0 aliphatic carbocycles. The molecule has 1 nitrogen and oxygen atoms in total. The molecule has 0 atom stereocenters. The molecule has 0 spiro atoms. The number of carbonyl (C=O) groups excluding carboxylic acids is 1. The van der Waals surface area contributed by atoms with E-state index in [1.165, 1.54) is 5.56 Å². The van der Waals surface area contributed by atoms with Crippen LogP contribution in [-0.2, 0) is 0 Å². The fourth-order valence-electron chi connectivity index (χ4n) is 1.86. The van der Waals surface area contributed by atoms with Crippen LogP contribution in [-0.4, -0.2) is 5.78 Å². The van der Waals surface area contributed by atoms with Gasteiger partial charge >= 0.3 is 0 Å². The third kappa shape index (κ3) is 3.65. The summed E-state index contributed by atoms with van der Waals surface area (Å²) in [5, 5.41) is 0. The van der Waals surface area contributed by atoms with E-state index in [1.807, 2.05) is 60.7 Å². The largest absolute Gasteiger partial charge is 0.289 e. The number of hydrogen-bond donors (Lipinski definition) is 0. The summed E-state index contributed by atoms with van der Waals surface area (Å²) in [5.41, 5.74) is 3.02. The van der Waals surface area contributed by atoms with Crippen LogP contribution in [0.4, 0.5) is 0 Å². The Morgan fingerprint density at radius 3 is 2.16 bits per heavy atom. The molecule has 1 heteroatoms. The van der Waals surface area contributed by atoms with Gasteiger partial charge in [0.2, 0.25) is 0 Å². The molecule has 0 aromatic heterocycles. The normalized spacial score (nSPS) is 11.1. The smallest absolute Gasteiger partial charge is 0.185 e. The second kappa shape index (κ2) is 6.14. The number of rotatable bonds is 4. The van der Waals surface area contributed by atoms with E-state index in [0.717, 1.165) is 11.1 Å². The Morgan fingerprint density at radius 2 is 1.58 bits per heavy atom.